The highest BCUT2D eigenvalue weighted by Gasteiger charge is 2.20. The van der Waals surface area contributed by atoms with Gasteiger partial charge in [-0.2, -0.15) is 0 Å². The van der Waals surface area contributed by atoms with E-state index < -0.39 is 0 Å². The predicted molar refractivity (Wildman–Crippen MR) is 74.6 cm³/mol. The zero-order valence-electron chi connectivity index (χ0n) is 11.5. The van der Waals surface area contributed by atoms with Crippen molar-refractivity contribution in [3.8, 4) is 0 Å². The molecule has 1 saturated heterocycles. The van der Waals surface area contributed by atoms with E-state index in [-0.39, 0.29) is 12.0 Å². The molecule has 2 rings (SSSR count). The number of hydrogen-bond acceptors (Lipinski definition) is 3. The third kappa shape index (κ3) is 3.78. The summed E-state index contributed by atoms with van der Waals surface area (Å²) in [6.45, 7) is 4.70. The van der Waals surface area contributed by atoms with E-state index in [9.17, 15) is 4.79 Å². The number of hydrogen-bond donors (Lipinski definition) is 1. The van der Waals surface area contributed by atoms with Crippen LogP contribution in [0.15, 0.2) is 24.3 Å². The summed E-state index contributed by atoms with van der Waals surface area (Å²) in [4.78, 5) is 14.3. The van der Waals surface area contributed by atoms with Crippen molar-refractivity contribution < 1.29 is 9.53 Å². The van der Waals surface area contributed by atoms with Gasteiger partial charge >= 0.3 is 0 Å². The van der Waals surface area contributed by atoms with Crippen molar-refractivity contribution in [1.29, 1.82) is 0 Å². The Balaban J connectivity index is 2.03. The first-order valence-corrected chi connectivity index (χ1v) is 6.87. The van der Waals surface area contributed by atoms with Gasteiger partial charge in [-0.25, -0.2) is 0 Å². The molecule has 0 spiro atoms. The fourth-order valence-corrected chi connectivity index (χ4v) is 2.42. The fourth-order valence-electron chi connectivity index (χ4n) is 2.42. The van der Waals surface area contributed by atoms with E-state index in [1.54, 1.807) is 0 Å². The summed E-state index contributed by atoms with van der Waals surface area (Å²) in [6, 6.07) is 7.88. The van der Waals surface area contributed by atoms with Gasteiger partial charge in [-0.05, 0) is 24.5 Å². The molecule has 2 N–H and O–H groups in total. The molecule has 104 valence electrons. The fraction of sp³-hybridized carbons (Fsp3) is 0.533. The largest absolute Gasteiger partial charge is 0.377 e. The lowest BCUT2D eigenvalue weighted by atomic mass is 10.0. The van der Waals surface area contributed by atoms with Gasteiger partial charge in [0.15, 0.2) is 0 Å². The topological polar surface area (TPSA) is 55.6 Å². The number of nitrogens with two attached hydrogens (primary N) is 1. The lowest BCUT2D eigenvalue weighted by Crippen LogP contribution is -2.37. The quantitative estimate of drug-likeness (QED) is 0.894. The van der Waals surface area contributed by atoms with Crippen LogP contribution in [-0.2, 0) is 22.5 Å². The zero-order valence-corrected chi connectivity index (χ0v) is 11.5. The first kappa shape index (κ1) is 14.0. The van der Waals surface area contributed by atoms with Crippen molar-refractivity contribution >= 4 is 5.91 Å². The van der Waals surface area contributed by atoms with Crippen LogP contribution in [0.1, 0.15) is 24.5 Å². The Morgan fingerprint density at radius 2 is 2.16 bits per heavy atom. The third-order valence-corrected chi connectivity index (χ3v) is 3.48. The van der Waals surface area contributed by atoms with E-state index >= 15 is 0 Å². The van der Waals surface area contributed by atoms with Gasteiger partial charge in [-0.15, -0.1) is 0 Å². The molecule has 1 aliphatic rings. The zero-order chi connectivity index (χ0) is 13.7. The van der Waals surface area contributed by atoms with E-state index in [1.807, 2.05) is 36.1 Å². The molecule has 1 fully saturated rings. The highest BCUT2D eigenvalue weighted by atomic mass is 16.5. The molecule has 1 atom stereocenters. The molecule has 1 amide bonds. The Morgan fingerprint density at radius 3 is 2.89 bits per heavy atom. The highest BCUT2D eigenvalue weighted by Crippen LogP contribution is 2.12. The predicted octanol–water partition coefficient (Wildman–Crippen LogP) is 1.33. The molecule has 19 heavy (non-hydrogen) atoms. The van der Waals surface area contributed by atoms with E-state index in [4.69, 9.17) is 10.5 Å². The number of carbonyl (C=O) groups excluding carboxylic acids is 1. The van der Waals surface area contributed by atoms with Gasteiger partial charge < -0.3 is 15.4 Å². The summed E-state index contributed by atoms with van der Waals surface area (Å²) in [5.41, 5.74) is 7.79. The molecule has 0 bridgehead atoms. The molecule has 1 aromatic rings. The van der Waals surface area contributed by atoms with Gasteiger partial charge in [0.25, 0.3) is 0 Å². The van der Waals surface area contributed by atoms with Crippen LogP contribution in [0.3, 0.4) is 0 Å². The molecule has 4 nitrogen and oxygen atoms in total. The van der Waals surface area contributed by atoms with Crippen molar-refractivity contribution in [3.05, 3.63) is 35.4 Å². The first-order valence-electron chi connectivity index (χ1n) is 6.87. The normalized spacial score (nSPS) is 20.1. The van der Waals surface area contributed by atoms with Crippen molar-refractivity contribution in [3.63, 3.8) is 0 Å². The SMILES string of the molecule is CC1CN(C(=O)Cc2ccccc2CN)CCCO1. The maximum absolute atomic E-state index is 12.4. The second-order valence-electron chi connectivity index (χ2n) is 5.02. The van der Waals surface area contributed by atoms with Crippen LogP contribution in [0.5, 0.6) is 0 Å². The maximum Gasteiger partial charge on any atom is 0.227 e. The van der Waals surface area contributed by atoms with Gasteiger partial charge in [0.2, 0.25) is 5.91 Å². The standard InChI is InChI=1S/C15H22N2O2/c1-12-11-17(7-4-8-19-12)15(18)9-13-5-2-3-6-14(13)10-16/h2-3,5-6,12H,4,7-11,16H2,1H3. The Hall–Kier alpha value is -1.39. The monoisotopic (exact) mass is 262 g/mol. The summed E-state index contributed by atoms with van der Waals surface area (Å²) in [5, 5.41) is 0. The molecule has 0 aliphatic carbocycles. The third-order valence-electron chi connectivity index (χ3n) is 3.48. The van der Waals surface area contributed by atoms with Gasteiger partial charge in [0.05, 0.1) is 12.5 Å². The number of nitrogens with zero attached hydrogens (tertiary/aromatic N) is 1. The van der Waals surface area contributed by atoms with E-state index in [2.05, 4.69) is 0 Å². The number of carbonyl (C=O) groups is 1. The lowest BCUT2D eigenvalue weighted by molar-refractivity contribution is -0.131. The van der Waals surface area contributed by atoms with Crippen molar-refractivity contribution in [2.45, 2.75) is 32.4 Å². The summed E-state index contributed by atoms with van der Waals surface area (Å²) >= 11 is 0. The van der Waals surface area contributed by atoms with Crippen LogP contribution in [0.25, 0.3) is 0 Å². The van der Waals surface area contributed by atoms with Gasteiger partial charge in [0, 0.05) is 26.2 Å². The minimum absolute atomic E-state index is 0.121. The molecule has 1 heterocycles. The van der Waals surface area contributed by atoms with Crippen LogP contribution in [0, 0.1) is 0 Å². The summed E-state index contributed by atoms with van der Waals surface area (Å²) in [5.74, 6) is 0.165. The van der Waals surface area contributed by atoms with Gasteiger partial charge in [-0.1, -0.05) is 24.3 Å². The molecule has 0 saturated carbocycles. The minimum atomic E-state index is 0.121. The Labute approximate surface area is 114 Å². The average molecular weight is 262 g/mol. The van der Waals surface area contributed by atoms with Crippen LogP contribution in [-0.4, -0.2) is 36.6 Å². The molecule has 0 aromatic heterocycles. The number of rotatable bonds is 3. The Morgan fingerprint density at radius 1 is 1.42 bits per heavy atom. The summed E-state index contributed by atoms with van der Waals surface area (Å²) < 4.78 is 5.56. The van der Waals surface area contributed by atoms with E-state index in [0.717, 1.165) is 30.7 Å². The molecule has 1 aliphatic heterocycles. The first-order chi connectivity index (χ1) is 9.20. The average Bonchev–Trinajstić information content (AvgIpc) is 2.64. The van der Waals surface area contributed by atoms with Crippen LogP contribution < -0.4 is 5.73 Å². The van der Waals surface area contributed by atoms with Gasteiger partial charge in [0.1, 0.15) is 0 Å². The highest BCUT2D eigenvalue weighted by molar-refractivity contribution is 5.79. The van der Waals surface area contributed by atoms with Crippen LogP contribution in [0.2, 0.25) is 0 Å². The Kier molecular flexibility index (Phi) is 4.93. The van der Waals surface area contributed by atoms with E-state index in [1.165, 1.54) is 0 Å². The maximum atomic E-state index is 12.4. The summed E-state index contributed by atoms with van der Waals surface area (Å²) in [6.07, 6.45) is 1.46. The van der Waals surface area contributed by atoms with Crippen molar-refractivity contribution in [2.24, 2.45) is 5.73 Å². The second-order valence-corrected chi connectivity index (χ2v) is 5.02. The van der Waals surface area contributed by atoms with E-state index in [0.29, 0.717) is 19.5 Å². The Bertz CT molecular complexity index is 434. The molecule has 1 unspecified atom stereocenters. The number of ether oxygens (including phenoxy) is 1. The van der Waals surface area contributed by atoms with Crippen molar-refractivity contribution in [2.75, 3.05) is 19.7 Å². The molecular weight excluding hydrogens is 240 g/mol. The smallest absolute Gasteiger partial charge is 0.227 e. The molecule has 1 aromatic carbocycles. The second kappa shape index (κ2) is 6.68. The van der Waals surface area contributed by atoms with Crippen molar-refractivity contribution in [1.82, 2.24) is 4.90 Å². The van der Waals surface area contributed by atoms with Crippen LogP contribution >= 0.6 is 0 Å². The molecule has 0 radical (unpaired) electrons. The lowest BCUT2D eigenvalue weighted by Gasteiger charge is -2.22. The molecule has 4 heteroatoms. The summed E-state index contributed by atoms with van der Waals surface area (Å²) in [7, 11) is 0. The number of amides is 1. The number of benzene rings is 1. The molecular formula is C15H22N2O2. The van der Waals surface area contributed by atoms with Gasteiger partial charge in [-0.3, -0.25) is 4.79 Å². The van der Waals surface area contributed by atoms with Crippen LogP contribution in [0.4, 0.5) is 0 Å². The minimum Gasteiger partial charge on any atom is -0.377 e.